The Morgan fingerprint density at radius 1 is 1.04 bits per heavy atom. The molecule has 3 amide bonds. The molecule has 2 heterocycles. The molecule has 8 heteroatoms. The third-order valence-corrected chi connectivity index (χ3v) is 5.41. The lowest BCUT2D eigenvalue weighted by molar-refractivity contribution is -0.117. The number of hydrogen-bond donors (Lipinski definition) is 3. The third-order valence-electron chi connectivity index (χ3n) is 4.73. The lowest BCUT2D eigenvalue weighted by atomic mass is 10.0. The highest BCUT2D eigenvalue weighted by Gasteiger charge is 2.22. The maximum atomic E-state index is 12.3. The minimum absolute atomic E-state index is 0.0300. The number of benzene rings is 1. The SMILES string of the molecule is CNC(=O)c1ccc(NC(=O)CN2CCC(NC(=O)c3ccsc3)CC2)cc1. The molecule has 0 radical (unpaired) electrons. The normalized spacial score (nSPS) is 15.0. The van der Waals surface area contributed by atoms with Crippen molar-refractivity contribution in [1.29, 1.82) is 0 Å². The summed E-state index contributed by atoms with van der Waals surface area (Å²) in [5, 5.41) is 12.2. The van der Waals surface area contributed by atoms with Crippen molar-refractivity contribution in [1.82, 2.24) is 15.5 Å². The molecule has 1 aliphatic heterocycles. The first kappa shape index (κ1) is 20.0. The molecule has 1 saturated heterocycles. The molecule has 2 aromatic rings. The zero-order valence-corrected chi connectivity index (χ0v) is 16.6. The molecular weight excluding hydrogens is 376 g/mol. The molecule has 0 aliphatic carbocycles. The van der Waals surface area contributed by atoms with Crippen molar-refractivity contribution in [3.05, 3.63) is 52.2 Å². The van der Waals surface area contributed by atoms with E-state index in [4.69, 9.17) is 0 Å². The van der Waals surface area contributed by atoms with Gasteiger partial charge >= 0.3 is 0 Å². The first-order valence-electron chi connectivity index (χ1n) is 9.22. The molecule has 1 aromatic carbocycles. The van der Waals surface area contributed by atoms with E-state index in [1.165, 1.54) is 11.3 Å². The Kier molecular flexibility index (Phi) is 6.78. The number of rotatable bonds is 6. The molecule has 3 N–H and O–H groups in total. The van der Waals surface area contributed by atoms with Gasteiger partial charge in [0.25, 0.3) is 11.8 Å². The minimum atomic E-state index is -0.160. The Labute approximate surface area is 168 Å². The van der Waals surface area contributed by atoms with Gasteiger partial charge in [-0.1, -0.05) is 0 Å². The highest BCUT2D eigenvalue weighted by molar-refractivity contribution is 7.08. The van der Waals surface area contributed by atoms with Crippen LogP contribution in [0.25, 0.3) is 0 Å². The maximum Gasteiger partial charge on any atom is 0.252 e. The Bertz CT molecular complexity index is 812. The van der Waals surface area contributed by atoms with Crippen molar-refractivity contribution in [3.63, 3.8) is 0 Å². The number of piperidine rings is 1. The van der Waals surface area contributed by atoms with Crippen molar-refractivity contribution in [2.75, 3.05) is 32.0 Å². The van der Waals surface area contributed by atoms with Crippen molar-refractivity contribution >= 4 is 34.7 Å². The van der Waals surface area contributed by atoms with Gasteiger partial charge in [0.1, 0.15) is 0 Å². The van der Waals surface area contributed by atoms with Crippen LogP contribution in [0.1, 0.15) is 33.6 Å². The van der Waals surface area contributed by atoms with E-state index < -0.39 is 0 Å². The van der Waals surface area contributed by atoms with Crippen LogP contribution in [0, 0.1) is 0 Å². The zero-order chi connectivity index (χ0) is 19.9. The topological polar surface area (TPSA) is 90.5 Å². The third kappa shape index (κ3) is 5.40. The van der Waals surface area contributed by atoms with E-state index in [-0.39, 0.29) is 23.8 Å². The van der Waals surface area contributed by atoms with E-state index in [9.17, 15) is 14.4 Å². The van der Waals surface area contributed by atoms with Crippen LogP contribution in [0.4, 0.5) is 5.69 Å². The summed E-state index contributed by atoms with van der Waals surface area (Å²) in [5.41, 5.74) is 1.91. The van der Waals surface area contributed by atoms with Gasteiger partial charge in [0.2, 0.25) is 5.91 Å². The summed E-state index contributed by atoms with van der Waals surface area (Å²) in [5.74, 6) is -0.280. The fourth-order valence-electron chi connectivity index (χ4n) is 3.15. The van der Waals surface area contributed by atoms with Crippen LogP contribution >= 0.6 is 11.3 Å². The van der Waals surface area contributed by atoms with Gasteiger partial charge < -0.3 is 16.0 Å². The van der Waals surface area contributed by atoms with Gasteiger partial charge in [-0.15, -0.1) is 0 Å². The van der Waals surface area contributed by atoms with E-state index in [1.54, 1.807) is 31.3 Å². The molecule has 0 bridgehead atoms. The summed E-state index contributed by atoms with van der Waals surface area (Å²) in [4.78, 5) is 38.0. The van der Waals surface area contributed by atoms with Crippen LogP contribution < -0.4 is 16.0 Å². The van der Waals surface area contributed by atoms with Gasteiger partial charge in [-0.2, -0.15) is 11.3 Å². The largest absolute Gasteiger partial charge is 0.355 e. The Hall–Kier alpha value is -2.71. The van der Waals surface area contributed by atoms with Crippen molar-refractivity contribution in [2.24, 2.45) is 0 Å². The van der Waals surface area contributed by atoms with Crippen LogP contribution in [-0.2, 0) is 4.79 Å². The average molecular weight is 401 g/mol. The number of carbonyl (C=O) groups excluding carboxylic acids is 3. The molecule has 3 rings (SSSR count). The number of anilines is 1. The number of nitrogens with one attached hydrogen (secondary N) is 3. The number of thiophene rings is 1. The van der Waals surface area contributed by atoms with Crippen molar-refractivity contribution in [2.45, 2.75) is 18.9 Å². The fourth-order valence-corrected chi connectivity index (χ4v) is 3.79. The smallest absolute Gasteiger partial charge is 0.252 e. The highest BCUT2D eigenvalue weighted by Crippen LogP contribution is 2.14. The number of nitrogens with zero attached hydrogens (tertiary/aromatic N) is 1. The summed E-state index contributed by atoms with van der Waals surface area (Å²) in [6.07, 6.45) is 1.65. The second-order valence-corrected chi connectivity index (χ2v) is 7.52. The minimum Gasteiger partial charge on any atom is -0.355 e. The van der Waals surface area contributed by atoms with Crippen molar-refractivity contribution < 1.29 is 14.4 Å². The second kappa shape index (κ2) is 9.48. The first-order chi connectivity index (χ1) is 13.5. The summed E-state index contributed by atoms with van der Waals surface area (Å²) in [7, 11) is 1.58. The Balaban J connectivity index is 1.41. The predicted molar refractivity (Wildman–Crippen MR) is 110 cm³/mol. The second-order valence-electron chi connectivity index (χ2n) is 6.74. The predicted octanol–water partition coefficient (Wildman–Crippen LogP) is 1.94. The Morgan fingerprint density at radius 2 is 1.75 bits per heavy atom. The molecule has 0 unspecified atom stereocenters. The van der Waals surface area contributed by atoms with E-state index in [1.807, 2.05) is 16.8 Å². The Morgan fingerprint density at radius 3 is 2.36 bits per heavy atom. The van der Waals surface area contributed by atoms with Gasteiger partial charge in [-0.3, -0.25) is 19.3 Å². The molecule has 0 spiro atoms. The number of hydrogen-bond acceptors (Lipinski definition) is 5. The molecule has 0 saturated carbocycles. The van der Waals surface area contributed by atoms with E-state index in [0.29, 0.717) is 23.4 Å². The number of likely N-dealkylation sites (tertiary alicyclic amines) is 1. The molecule has 1 fully saturated rings. The average Bonchev–Trinajstić information content (AvgIpc) is 3.24. The van der Waals surface area contributed by atoms with Gasteiger partial charge in [-0.25, -0.2) is 0 Å². The summed E-state index contributed by atoms with van der Waals surface area (Å²) in [6.45, 7) is 1.83. The zero-order valence-electron chi connectivity index (χ0n) is 15.7. The van der Waals surface area contributed by atoms with Gasteiger partial charge in [0.15, 0.2) is 0 Å². The van der Waals surface area contributed by atoms with Gasteiger partial charge in [0.05, 0.1) is 6.54 Å². The lowest BCUT2D eigenvalue weighted by Gasteiger charge is -2.31. The molecule has 148 valence electrons. The monoisotopic (exact) mass is 400 g/mol. The molecule has 28 heavy (non-hydrogen) atoms. The van der Waals surface area contributed by atoms with Crippen LogP contribution in [0.5, 0.6) is 0 Å². The maximum absolute atomic E-state index is 12.3. The number of amides is 3. The van der Waals surface area contributed by atoms with Crippen LogP contribution in [0.15, 0.2) is 41.1 Å². The lowest BCUT2D eigenvalue weighted by Crippen LogP contribution is -2.46. The van der Waals surface area contributed by atoms with Gasteiger partial charge in [0, 0.05) is 48.4 Å². The quantitative estimate of drug-likeness (QED) is 0.691. The fraction of sp³-hybridized carbons (Fsp3) is 0.350. The number of carbonyl (C=O) groups is 3. The van der Waals surface area contributed by atoms with Gasteiger partial charge in [-0.05, 0) is 48.6 Å². The van der Waals surface area contributed by atoms with E-state index in [2.05, 4.69) is 20.9 Å². The highest BCUT2D eigenvalue weighted by atomic mass is 32.1. The van der Waals surface area contributed by atoms with Crippen LogP contribution in [-0.4, -0.2) is 55.3 Å². The molecule has 1 aliphatic rings. The molecule has 7 nitrogen and oxygen atoms in total. The van der Waals surface area contributed by atoms with E-state index >= 15 is 0 Å². The van der Waals surface area contributed by atoms with Crippen LogP contribution in [0.2, 0.25) is 0 Å². The summed E-state index contributed by atoms with van der Waals surface area (Å²) in [6, 6.07) is 8.75. The van der Waals surface area contributed by atoms with Crippen molar-refractivity contribution in [3.8, 4) is 0 Å². The molecule has 0 atom stereocenters. The van der Waals surface area contributed by atoms with Crippen LogP contribution in [0.3, 0.4) is 0 Å². The molecule has 1 aromatic heterocycles. The van der Waals surface area contributed by atoms with E-state index in [0.717, 1.165) is 25.9 Å². The summed E-state index contributed by atoms with van der Waals surface area (Å²) < 4.78 is 0. The summed E-state index contributed by atoms with van der Waals surface area (Å²) >= 11 is 1.51. The first-order valence-corrected chi connectivity index (χ1v) is 10.2. The standard InChI is InChI=1S/C20H24N4O3S/c1-21-19(26)14-2-4-16(5-3-14)22-18(25)12-24-9-6-17(7-10-24)23-20(27)15-8-11-28-13-15/h2-5,8,11,13,17H,6-7,9-10,12H2,1H3,(H,21,26)(H,22,25)(H,23,27). The molecular formula is C20H24N4O3S.